The lowest BCUT2D eigenvalue weighted by atomic mass is 10.2. The van der Waals surface area contributed by atoms with E-state index in [1.54, 1.807) is 0 Å². The van der Waals surface area contributed by atoms with Crippen molar-refractivity contribution in [1.29, 1.82) is 0 Å². The van der Waals surface area contributed by atoms with Crippen LogP contribution in [0.3, 0.4) is 0 Å². The topological polar surface area (TPSA) is 62.7 Å². The molecule has 1 aromatic rings. The lowest BCUT2D eigenvalue weighted by Crippen LogP contribution is -2.15. The van der Waals surface area contributed by atoms with E-state index in [1.165, 1.54) is 19.3 Å². The zero-order valence-electron chi connectivity index (χ0n) is 11.3. The van der Waals surface area contributed by atoms with Gasteiger partial charge < -0.3 is 10.6 Å². The van der Waals surface area contributed by atoms with Crippen LogP contribution in [0.4, 0.5) is 11.9 Å². The summed E-state index contributed by atoms with van der Waals surface area (Å²) in [5.74, 6) is 1.05. The summed E-state index contributed by atoms with van der Waals surface area (Å²) in [5.41, 5.74) is 0. The van der Waals surface area contributed by atoms with Gasteiger partial charge in [0.15, 0.2) is 0 Å². The second-order valence-corrected chi connectivity index (χ2v) is 4.88. The normalized spacial score (nSPS) is 10.7. The maximum Gasteiger partial charge on any atom is 0.228 e. The summed E-state index contributed by atoms with van der Waals surface area (Å²) < 4.78 is 0. The van der Waals surface area contributed by atoms with E-state index in [4.69, 9.17) is 11.6 Å². The van der Waals surface area contributed by atoms with Crippen LogP contribution in [-0.2, 0) is 0 Å². The molecule has 102 valence electrons. The van der Waals surface area contributed by atoms with Crippen molar-refractivity contribution in [2.75, 3.05) is 17.2 Å². The molecule has 0 spiro atoms. The first-order chi connectivity index (χ1) is 8.61. The Morgan fingerprint density at radius 2 is 1.78 bits per heavy atom. The van der Waals surface area contributed by atoms with Gasteiger partial charge in [-0.25, -0.2) is 0 Å². The van der Waals surface area contributed by atoms with Gasteiger partial charge in [0.2, 0.25) is 17.2 Å². The Hall–Kier alpha value is -1.10. The molecule has 0 saturated carbocycles. The molecule has 1 rings (SSSR count). The fourth-order valence-corrected chi connectivity index (χ4v) is 1.66. The molecule has 0 fully saturated rings. The van der Waals surface area contributed by atoms with Crippen LogP contribution in [0.15, 0.2) is 0 Å². The first kappa shape index (κ1) is 15.0. The maximum absolute atomic E-state index is 5.85. The molecule has 18 heavy (non-hydrogen) atoms. The van der Waals surface area contributed by atoms with Crippen molar-refractivity contribution in [2.24, 2.45) is 0 Å². The lowest BCUT2D eigenvalue weighted by Gasteiger charge is -2.10. The molecule has 0 aromatic carbocycles. The Morgan fingerprint density at radius 3 is 2.44 bits per heavy atom. The maximum atomic E-state index is 5.85. The number of nitrogens with zero attached hydrogens (tertiary/aromatic N) is 3. The van der Waals surface area contributed by atoms with Gasteiger partial charge in [-0.3, -0.25) is 0 Å². The van der Waals surface area contributed by atoms with Gasteiger partial charge in [-0.1, -0.05) is 26.2 Å². The molecule has 0 saturated heterocycles. The van der Waals surface area contributed by atoms with E-state index in [9.17, 15) is 0 Å². The molecule has 2 N–H and O–H groups in total. The average Bonchev–Trinajstić information content (AvgIpc) is 2.27. The fourth-order valence-electron chi connectivity index (χ4n) is 1.50. The largest absolute Gasteiger partial charge is 0.354 e. The van der Waals surface area contributed by atoms with Crippen LogP contribution in [0, 0.1) is 0 Å². The van der Waals surface area contributed by atoms with Crippen molar-refractivity contribution < 1.29 is 0 Å². The summed E-state index contributed by atoms with van der Waals surface area (Å²) in [5, 5.41) is 6.49. The molecular weight excluding hydrogens is 250 g/mol. The smallest absolute Gasteiger partial charge is 0.228 e. The lowest BCUT2D eigenvalue weighted by molar-refractivity contribution is 0.683. The predicted octanol–water partition coefficient (Wildman–Crippen LogP) is 3.34. The summed E-state index contributed by atoms with van der Waals surface area (Å²) in [6, 6.07) is 0.265. The minimum atomic E-state index is 0.212. The Bertz CT molecular complexity index is 356. The highest BCUT2D eigenvalue weighted by molar-refractivity contribution is 6.28. The number of unbranched alkanes of at least 4 members (excludes halogenated alkanes) is 3. The number of anilines is 2. The van der Waals surface area contributed by atoms with E-state index in [1.807, 2.05) is 13.8 Å². The molecule has 5 nitrogen and oxygen atoms in total. The molecule has 0 aliphatic carbocycles. The Balaban J connectivity index is 2.46. The summed E-state index contributed by atoms with van der Waals surface area (Å²) in [7, 11) is 0. The number of rotatable bonds is 8. The van der Waals surface area contributed by atoms with Crippen molar-refractivity contribution in [2.45, 2.75) is 52.5 Å². The summed E-state index contributed by atoms with van der Waals surface area (Å²) in [6.07, 6.45) is 4.84. The van der Waals surface area contributed by atoms with Gasteiger partial charge in [-0.05, 0) is 31.9 Å². The molecule has 0 radical (unpaired) electrons. The molecule has 1 aromatic heterocycles. The molecule has 0 amide bonds. The summed E-state index contributed by atoms with van der Waals surface area (Å²) in [6.45, 7) is 7.11. The van der Waals surface area contributed by atoms with E-state index < -0.39 is 0 Å². The van der Waals surface area contributed by atoms with Gasteiger partial charge in [0, 0.05) is 12.6 Å². The van der Waals surface area contributed by atoms with Crippen LogP contribution in [0.2, 0.25) is 5.28 Å². The van der Waals surface area contributed by atoms with E-state index in [0.717, 1.165) is 13.0 Å². The van der Waals surface area contributed by atoms with Gasteiger partial charge in [-0.2, -0.15) is 15.0 Å². The number of hydrogen-bond donors (Lipinski definition) is 2. The van der Waals surface area contributed by atoms with Crippen LogP contribution >= 0.6 is 11.6 Å². The molecule has 1 heterocycles. The molecular formula is C12H22ClN5. The van der Waals surface area contributed by atoms with Crippen molar-refractivity contribution >= 4 is 23.5 Å². The van der Waals surface area contributed by atoms with E-state index in [-0.39, 0.29) is 11.3 Å². The molecule has 6 heteroatoms. The Kier molecular flexibility index (Phi) is 6.72. The van der Waals surface area contributed by atoms with Crippen molar-refractivity contribution in [3.8, 4) is 0 Å². The summed E-state index contributed by atoms with van der Waals surface area (Å²) >= 11 is 5.85. The van der Waals surface area contributed by atoms with E-state index in [2.05, 4.69) is 32.5 Å². The molecule has 0 unspecified atom stereocenters. The summed E-state index contributed by atoms with van der Waals surface area (Å²) in [4.78, 5) is 12.3. The Morgan fingerprint density at radius 1 is 1.06 bits per heavy atom. The second kappa shape index (κ2) is 8.08. The van der Waals surface area contributed by atoms with Crippen LogP contribution in [0.5, 0.6) is 0 Å². The van der Waals surface area contributed by atoms with Gasteiger partial charge in [0.1, 0.15) is 0 Å². The highest BCUT2D eigenvalue weighted by Gasteiger charge is 2.05. The van der Waals surface area contributed by atoms with Gasteiger partial charge in [0.05, 0.1) is 0 Å². The highest BCUT2D eigenvalue weighted by atomic mass is 35.5. The van der Waals surface area contributed by atoms with Gasteiger partial charge in [0.25, 0.3) is 0 Å². The van der Waals surface area contributed by atoms with Gasteiger partial charge >= 0.3 is 0 Å². The molecule has 0 aliphatic rings. The molecule has 0 bridgehead atoms. The SMILES string of the molecule is CCCCCCNc1nc(Cl)nc(NC(C)C)n1. The number of nitrogens with one attached hydrogen (secondary N) is 2. The van der Waals surface area contributed by atoms with Crippen LogP contribution < -0.4 is 10.6 Å². The number of halogens is 1. The van der Waals surface area contributed by atoms with E-state index in [0.29, 0.717) is 11.9 Å². The zero-order chi connectivity index (χ0) is 13.4. The minimum Gasteiger partial charge on any atom is -0.354 e. The zero-order valence-corrected chi connectivity index (χ0v) is 12.1. The van der Waals surface area contributed by atoms with Crippen LogP contribution in [0.1, 0.15) is 46.5 Å². The van der Waals surface area contributed by atoms with Crippen LogP contribution in [-0.4, -0.2) is 27.5 Å². The fraction of sp³-hybridized carbons (Fsp3) is 0.750. The Labute approximate surface area is 114 Å². The first-order valence-electron chi connectivity index (χ1n) is 6.53. The third-order valence-electron chi connectivity index (χ3n) is 2.34. The predicted molar refractivity (Wildman–Crippen MR) is 76.2 cm³/mol. The number of hydrogen-bond acceptors (Lipinski definition) is 5. The van der Waals surface area contributed by atoms with Crippen LogP contribution in [0.25, 0.3) is 0 Å². The standard InChI is InChI=1S/C12H22ClN5/c1-4-5-6-7-8-14-11-16-10(13)17-12(18-11)15-9(2)3/h9H,4-8H2,1-3H3,(H2,14,15,16,17,18). The first-order valence-corrected chi connectivity index (χ1v) is 6.91. The molecule has 0 atom stereocenters. The third-order valence-corrected chi connectivity index (χ3v) is 2.51. The monoisotopic (exact) mass is 271 g/mol. The highest BCUT2D eigenvalue weighted by Crippen LogP contribution is 2.10. The quantitative estimate of drug-likeness (QED) is 0.710. The second-order valence-electron chi connectivity index (χ2n) is 4.54. The van der Waals surface area contributed by atoms with Crippen molar-refractivity contribution in [3.63, 3.8) is 0 Å². The molecule has 0 aliphatic heterocycles. The van der Waals surface area contributed by atoms with Crippen molar-refractivity contribution in [1.82, 2.24) is 15.0 Å². The number of aromatic nitrogens is 3. The van der Waals surface area contributed by atoms with Crippen molar-refractivity contribution in [3.05, 3.63) is 5.28 Å². The van der Waals surface area contributed by atoms with E-state index >= 15 is 0 Å². The minimum absolute atomic E-state index is 0.212. The third kappa shape index (κ3) is 6.00. The average molecular weight is 272 g/mol. The van der Waals surface area contributed by atoms with Gasteiger partial charge in [-0.15, -0.1) is 0 Å².